The van der Waals surface area contributed by atoms with E-state index in [4.69, 9.17) is 24.4 Å². The van der Waals surface area contributed by atoms with E-state index in [-0.39, 0.29) is 12.4 Å². The number of hydrogen-bond acceptors (Lipinski definition) is 4. The van der Waals surface area contributed by atoms with Crippen LogP contribution in [-0.4, -0.2) is 29.5 Å². The molecule has 0 radical (unpaired) electrons. The van der Waals surface area contributed by atoms with Crippen molar-refractivity contribution in [2.75, 3.05) is 0 Å². The van der Waals surface area contributed by atoms with E-state index in [0.29, 0.717) is 9.41 Å². The Morgan fingerprint density at radius 3 is 2.79 bits per heavy atom. The van der Waals surface area contributed by atoms with Gasteiger partial charge in [0.1, 0.15) is 11.2 Å². The van der Waals surface area contributed by atoms with Gasteiger partial charge in [-0.05, 0) is 12.2 Å². The number of aromatic nitrogens is 6. The molecule has 0 fully saturated rings. The number of rotatable bonds is 3. The summed E-state index contributed by atoms with van der Waals surface area (Å²) in [6.45, 7) is 0.746. The predicted octanol–water partition coefficient (Wildman–Crippen LogP) is 2.54. The summed E-state index contributed by atoms with van der Waals surface area (Å²) in [4.78, 5) is 17.2. The first kappa shape index (κ1) is 13.9. The van der Waals surface area contributed by atoms with E-state index in [1.54, 1.807) is 12.7 Å². The number of imidazole rings is 2. The largest absolute Gasteiger partial charge is 0.348 e. The minimum atomic E-state index is 0. The molecule has 0 atom stereocenters. The van der Waals surface area contributed by atoms with Crippen LogP contribution in [0.1, 0.15) is 5.69 Å². The molecule has 3 rings (SSSR count). The van der Waals surface area contributed by atoms with Crippen molar-refractivity contribution >= 4 is 48.0 Å². The SMILES string of the molecule is Cl.S=c1nc[nH]c2c1[nH]c(=S)n2CCc1cnc[nH]1. The maximum absolute atomic E-state index is 5.29. The zero-order valence-electron chi connectivity index (χ0n) is 9.71. The zero-order valence-corrected chi connectivity index (χ0v) is 12.2. The number of H-pyrrole nitrogens is 3. The predicted molar refractivity (Wildman–Crippen MR) is 79.6 cm³/mol. The molecule has 3 heterocycles. The van der Waals surface area contributed by atoms with Crippen LogP contribution in [-0.2, 0) is 13.0 Å². The van der Waals surface area contributed by atoms with E-state index in [1.807, 2.05) is 10.8 Å². The van der Waals surface area contributed by atoms with Gasteiger partial charge in [0.2, 0.25) is 0 Å². The normalized spacial score (nSPS) is 10.5. The van der Waals surface area contributed by atoms with Gasteiger partial charge in [-0.25, -0.2) is 9.97 Å². The summed E-state index contributed by atoms with van der Waals surface area (Å²) in [5.74, 6) is 0. The fourth-order valence-corrected chi connectivity index (χ4v) is 2.34. The van der Waals surface area contributed by atoms with E-state index in [0.717, 1.165) is 29.8 Å². The van der Waals surface area contributed by atoms with Crippen LogP contribution in [0.2, 0.25) is 0 Å². The Balaban J connectivity index is 0.00000133. The quantitative estimate of drug-likeness (QED) is 0.649. The van der Waals surface area contributed by atoms with Gasteiger partial charge in [0.05, 0.1) is 12.7 Å². The number of halogens is 1. The van der Waals surface area contributed by atoms with Gasteiger partial charge in [-0.15, -0.1) is 12.4 Å². The highest BCUT2D eigenvalue weighted by Crippen LogP contribution is 2.12. The first-order valence-corrected chi connectivity index (χ1v) is 6.21. The highest BCUT2D eigenvalue weighted by atomic mass is 35.5. The lowest BCUT2D eigenvalue weighted by molar-refractivity contribution is 0.691. The van der Waals surface area contributed by atoms with Crippen molar-refractivity contribution in [2.24, 2.45) is 0 Å². The Morgan fingerprint density at radius 1 is 1.21 bits per heavy atom. The van der Waals surface area contributed by atoms with Gasteiger partial charge in [0.25, 0.3) is 0 Å². The molecule has 6 nitrogen and oxygen atoms in total. The van der Waals surface area contributed by atoms with Crippen LogP contribution in [0.25, 0.3) is 11.2 Å². The van der Waals surface area contributed by atoms with Crippen molar-refractivity contribution in [3.63, 3.8) is 0 Å². The van der Waals surface area contributed by atoms with Gasteiger partial charge >= 0.3 is 0 Å². The summed E-state index contributed by atoms with van der Waals surface area (Å²) >= 11 is 10.4. The fraction of sp³-hybridized carbons (Fsp3) is 0.200. The van der Waals surface area contributed by atoms with Crippen molar-refractivity contribution in [3.8, 4) is 0 Å². The van der Waals surface area contributed by atoms with Crippen LogP contribution in [0, 0.1) is 9.41 Å². The summed E-state index contributed by atoms with van der Waals surface area (Å²) in [6, 6.07) is 0. The van der Waals surface area contributed by atoms with Crippen LogP contribution in [0.4, 0.5) is 0 Å². The minimum absolute atomic E-state index is 0. The van der Waals surface area contributed by atoms with Crippen molar-refractivity contribution in [1.82, 2.24) is 29.5 Å². The molecule has 3 aromatic heterocycles. The van der Waals surface area contributed by atoms with E-state index < -0.39 is 0 Å². The number of aryl methyl sites for hydroxylation is 2. The summed E-state index contributed by atoms with van der Waals surface area (Å²) in [7, 11) is 0. The molecule has 0 unspecified atom stereocenters. The molecule has 0 aliphatic rings. The van der Waals surface area contributed by atoms with Crippen molar-refractivity contribution < 1.29 is 0 Å². The molecule has 0 aliphatic carbocycles. The molecule has 0 aliphatic heterocycles. The van der Waals surface area contributed by atoms with Crippen molar-refractivity contribution in [1.29, 1.82) is 0 Å². The van der Waals surface area contributed by atoms with E-state index >= 15 is 0 Å². The molecule has 0 saturated carbocycles. The second-order valence-electron chi connectivity index (χ2n) is 3.84. The molecule has 9 heteroatoms. The molecule has 19 heavy (non-hydrogen) atoms. The topological polar surface area (TPSA) is 78.1 Å². The summed E-state index contributed by atoms with van der Waals surface area (Å²) < 4.78 is 3.14. The maximum Gasteiger partial charge on any atom is 0.179 e. The van der Waals surface area contributed by atoms with Gasteiger partial charge in [-0.1, -0.05) is 12.2 Å². The van der Waals surface area contributed by atoms with Gasteiger partial charge in [0.15, 0.2) is 9.41 Å². The highest BCUT2D eigenvalue weighted by molar-refractivity contribution is 7.71. The number of nitrogens with one attached hydrogen (secondary N) is 3. The number of nitrogens with zero attached hydrogens (tertiary/aromatic N) is 3. The van der Waals surface area contributed by atoms with Crippen LogP contribution >= 0.6 is 36.8 Å². The Morgan fingerprint density at radius 2 is 2.05 bits per heavy atom. The monoisotopic (exact) mass is 314 g/mol. The van der Waals surface area contributed by atoms with Gasteiger partial charge < -0.3 is 19.5 Å². The van der Waals surface area contributed by atoms with Crippen LogP contribution in [0.5, 0.6) is 0 Å². The van der Waals surface area contributed by atoms with E-state index in [2.05, 4.69) is 24.9 Å². The lowest BCUT2D eigenvalue weighted by Gasteiger charge is -2.02. The van der Waals surface area contributed by atoms with Gasteiger partial charge in [-0.2, -0.15) is 0 Å². The van der Waals surface area contributed by atoms with Crippen LogP contribution in [0.3, 0.4) is 0 Å². The number of fused-ring (bicyclic) bond motifs is 1. The molecule has 100 valence electrons. The molecule has 3 N–H and O–H groups in total. The molecular formula is C10H11ClN6S2. The van der Waals surface area contributed by atoms with E-state index in [1.165, 1.54) is 0 Å². The summed E-state index contributed by atoms with van der Waals surface area (Å²) in [6.07, 6.45) is 5.88. The average molecular weight is 315 g/mol. The number of hydrogen-bond donors (Lipinski definition) is 3. The lowest BCUT2D eigenvalue weighted by Crippen LogP contribution is -2.02. The summed E-state index contributed by atoms with van der Waals surface area (Å²) in [5.41, 5.74) is 2.72. The Bertz CT molecular complexity index is 784. The Kier molecular flexibility index (Phi) is 4.13. The lowest BCUT2D eigenvalue weighted by atomic mass is 10.3. The second kappa shape index (κ2) is 5.64. The highest BCUT2D eigenvalue weighted by Gasteiger charge is 2.06. The Labute approximate surface area is 124 Å². The average Bonchev–Trinajstić information content (AvgIpc) is 2.95. The van der Waals surface area contributed by atoms with Crippen molar-refractivity contribution in [2.45, 2.75) is 13.0 Å². The summed E-state index contributed by atoms with van der Waals surface area (Å²) in [5, 5.41) is 0. The molecule has 3 aromatic rings. The third-order valence-electron chi connectivity index (χ3n) is 2.74. The molecule has 0 bridgehead atoms. The third kappa shape index (κ3) is 2.60. The Hall–Kier alpha value is -1.51. The molecule has 0 amide bonds. The third-order valence-corrected chi connectivity index (χ3v) is 3.37. The fourth-order valence-electron chi connectivity index (χ4n) is 1.86. The van der Waals surface area contributed by atoms with Crippen molar-refractivity contribution in [3.05, 3.63) is 34.0 Å². The smallest absolute Gasteiger partial charge is 0.179 e. The van der Waals surface area contributed by atoms with Crippen LogP contribution in [0.15, 0.2) is 18.9 Å². The maximum atomic E-state index is 5.29. The second-order valence-corrected chi connectivity index (χ2v) is 4.61. The molecular weight excluding hydrogens is 304 g/mol. The van der Waals surface area contributed by atoms with Crippen LogP contribution < -0.4 is 0 Å². The molecule has 0 saturated heterocycles. The minimum Gasteiger partial charge on any atom is -0.348 e. The molecule has 0 aromatic carbocycles. The standard InChI is InChI=1S/C10H10N6S2.ClH/c17-9-7-8(13-5-14-9)16(10(18)15-7)2-1-6-3-11-4-12-6;/h3-5H,1-2H2,(H,11,12)(H,15,18)(H,13,14,17);1H. The first-order chi connectivity index (χ1) is 8.75. The zero-order chi connectivity index (χ0) is 12.5. The molecule has 0 spiro atoms. The van der Waals surface area contributed by atoms with Gasteiger partial charge in [0, 0.05) is 24.9 Å². The van der Waals surface area contributed by atoms with Gasteiger partial charge in [-0.3, -0.25) is 0 Å². The van der Waals surface area contributed by atoms with E-state index in [9.17, 15) is 0 Å². The number of aromatic amines is 3. The first-order valence-electron chi connectivity index (χ1n) is 5.39.